The first-order valence-electron chi connectivity index (χ1n) is 3.48. The van der Waals surface area contributed by atoms with Gasteiger partial charge in [-0.2, -0.15) is 0 Å². The molecule has 1 rings (SSSR count). The molecule has 7 heteroatoms. The molecule has 0 atom stereocenters. The van der Waals surface area contributed by atoms with Crippen LogP contribution in [-0.2, 0) is 9.78 Å². The molecular weight excluding hydrogens is 216 g/mol. The molecule has 0 saturated heterocycles. The van der Waals surface area contributed by atoms with E-state index in [0.717, 1.165) is 0 Å². The van der Waals surface area contributed by atoms with Crippen molar-refractivity contribution in [2.75, 3.05) is 0 Å². The van der Waals surface area contributed by atoms with Crippen LogP contribution in [0.15, 0.2) is 24.3 Å². The van der Waals surface area contributed by atoms with E-state index < -0.39 is 11.9 Å². The molecule has 0 unspecified atom stereocenters. The van der Waals surface area contributed by atoms with E-state index in [0.29, 0.717) is 0 Å². The van der Waals surface area contributed by atoms with E-state index in [4.69, 9.17) is 0 Å². The SMILES string of the molecule is O=C(O[O-])c1ccccc1C(=O)O[O-].[Mg+2]. The van der Waals surface area contributed by atoms with Crippen molar-refractivity contribution in [3.63, 3.8) is 0 Å². The molecule has 6 nitrogen and oxygen atoms in total. The molecule has 1 aromatic rings. The van der Waals surface area contributed by atoms with E-state index in [-0.39, 0.29) is 34.2 Å². The summed E-state index contributed by atoms with van der Waals surface area (Å²) in [5.41, 5.74) is -0.605. The van der Waals surface area contributed by atoms with Crippen LogP contribution < -0.4 is 10.5 Å². The topological polar surface area (TPSA) is 98.7 Å². The fraction of sp³-hybridized carbons (Fsp3) is 0. The first kappa shape index (κ1) is 13.8. The maximum Gasteiger partial charge on any atom is 2.00 e. The number of carbonyl (C=O) groups is 2. The summed E-state index contributed by atoms with van der Waals surface area (Å²) in [6.45, 7) is 0. The summed E-state index contributed by atoms with van der Waals surface area (Å²) in [7, 11) is 0. The average molecular weight is 220 g/mol. The van der Waals surface area contributed by atoms with Crippen molar-refractivity contribution in [1.82, 2.24) is 0 Å². The minimum absolute atomic E-state index is 0. The molecule has 0 radical (unpaired) electrons. The third-order valence-corrected chi connectivity index (χ3v) is 1.52. The zero-order valence-electron chi connectivity index (χ0n) is 7.47. The number of hydrogen-bond acceptors (Lipinski definition) is 6. The molecule has 0 fully saturated rings. The van der Waals surface area contributed by atoms with Crippen LogP contribution in [0.4, 0.5) is 0 Å². The van der Waals surface area contributed by atoms with Gasteiger partial charge in [-0.25, -0.2) is 9.59 Å². The van der Waals surface area contributed by atoms with Gasteiger partial charge in [0.2, 0.25) is 0 Å². The average Bonchev–Trinajstić information content (AvgIpc) is 2.27. The van der Waals surface area contributed by atoms with E-state index in [2.05, 4.69) is 9.78 Å². The number of hydrogen-bond donors (Lipinski definition) is 0. The summed E-state index contributed by atoms with van der Waals surface area (Å²) < 4.78 is 0. The second-order valence-electron chi connectivity index (χ2n) is 2.29. The van der Waals surface area contributed by atoms with Gasteiger partial charge in [-0.1, -0.05) is 12.1 Å². The van der Waals surface area contributed by atoms with Crippen LogP contribution in [0, 0.1) is 0 Å². The molecule has 0 N–H and O–H groups in total. The Morgan fingerprint density at radius 1 is 0.933 bits per heavy atom. The molecule has 0 spiro atoms. The Bertz CT molecular complexity index is 329. The van der Waals surface area contributed by atoms with Crippen LogP contribution in [0.3, 0.4) is 0 Å². The third kappa shape index (κ3) is 3.17. The molecule has 0 saturated carbocycles. The molecular formula is C8H4MgO6. The van der Waals surface area contributed by atoms with Crippen LogP contribution in [0.5, 0.6) is 0 Å². The molecule has 1 aromatic carbocycles. The molecule has 0 amide bonds. The Labute approximate surface area is 100 Å². The van der Waals surface area contributed by atoms with Crippen molar-refractivity contribution in [2.45, 2.75) is 0 Å². The van der Waals surface area contributed by atoms with Gasteiger partial charge in [-0.05, 0) is 12.1 Å². The first-order chi connectivity index (χ1) is 6.70. The van der Waals surface area contributed by atoms with Crippen LogP contribution in [0.25, 0.3) is 0 Å². The van der Waals surface area contributed by atoms with Gasteiger partial charge in [0.1, 0.15) is 0 Å². The van der Waals surface area contributed by atoms with Crippen molar-refractivity contribution >= 4 is 35.0 Å². The molecule has 15 heavy (non-hydrogen) atoms. The van der Waals surface area contributed by atoms with Gasteiger partial charge in [0.05, 0.1) is 11.1 Å². The third-order valence-electron chi connectivity index (χ3n) is 1.52. The zero-order valence-corrected chi connectivity index (χ0v) is 8.88. The van der Waals surface area contributed by atoms with Crippen LogP contribution in [-0.4, -0.2) is 35.0 Å². The van der Waals surface area contributed by atoms with Crippen molar-refractivity contribution in [1.29, 1.82) is 0 Å². The van der Waals surface area contributed by atoms with Crippen molar-refractivity contribution in [3.05, 3.63) is 35.4 Å². The molecule has 74 valence electrons. The van der Waals surface area contributed by atoms with Gasteiger partial charge in [0.25, 0.3) is 0 Å². The Morgan fingerprint density at radius 3 is 1.53 bits per heavy atom. The van der Waals surface area contributed by atoms with E-state index in [1.54, 1.807) is 0 Å². The predicted octanol–water partition coefficient (Wildman–Crippen LogP) is -1.83. The summed E-state index contributed by atoms with van der Waals surface area (Å²) in [5, 5.41) is 19.6. The van der Waals surface area contributed by atoms with E-state index in [1.807, 2.05) is 0 Å². The summed E-state index contributed by atoms with van der Waals surface area (Å²) in [5.74, 6) is -2.49. The smallest absolute Gasteiger partial charge is 0.661 e. The summed E-state index contributed by atoms with van der Waals surface area (Å²) in [6, 6.07) is 5.17. The van der Waals surface area contributed by atoms with Gasteiger partial charge >= 0.3 is 35.0 Å². The fourth-order valence-corrected chi connectivity index (χ4v) is 0.929. The number of carbonyl (C=O) groups excluding carboxylic acids is 2. The van der Waals surface area contributed by atoms with Crippen LogP contribution in [0.2, 0.25) is 0 Å². The molecule has 0 aliphatic rings. The normalized spacial score (nSPS) is 8.67. The van der Waals surface area contributed by atoms with Crippen molar-refractivity contribution in [2.24, 2.45) is 0 Å². The fourth-order valence-electron chi connectivity index (χ4n) is 0.929. The number of rotatable bonds is 2. The molecule has 0 heterocycles. The Balaban J connectivity index is 0.00000196. The monoisotopic (exact) mass is 220 g/mol. The second-order valence-corrected chi connectivity index (χ2v) is 2.29. The van der Waals surface area contributed by atoms with Gasteiger partial charge < -0.3 is 20.3 Å². The molecule has 0 aromatic heterocycles. The summed E-state index contributed by atoms with van der Waals surface area (Å²) >= 11 is 0. The molecule has 0 aliphatic carbocycles. The van der Waals surface area contributed by atoms with Gasteiger partial charge in [-0.15, -0.1) is 0 Å². The van der Waals surface area contributed by atoms with E-state index in [9.17, 15) is 20.1 Å². The maximum atomic E-state index is 10.8. The first-order valence-corrected chi connectivity index (χ1v) is 3.48. The second kappa shape index (κ2) is 6.35. The van der Waals surface area contributed by atoms with Gasteiger partial charge in [0, 0.05) is 0 Å². The summed E-state index contributed by atoms with van der Waals surface area (Å²) in [4.78, 5) is 28.0. The maximum absolute atomic E-state index is 10.8. The van der Waals surface area contributed by atoms with Crippen molar-refractivity contribution in [3.8, 4) is 0 Å². The zero-order chi connectivity index (χ0) is 10.6. The largest absolute Gasteiger partial charge is 2.00 e. The van der Waals surface area contributed by atoms with E-state index >= 15 is 0 Å². The molecule has 0 bridgehead atoms. The predicted molar refractivity (Wildman–Crippen MR) is 43.0 cm³/mol. The minimum atomic E-state index is -1.24. The van der Waals surface area contributed by atoms with E-state index in [1.165, 1.54) is 24.3 Å². The Kier molecular flexibility index (Phi) is 5.86. The van der Waals surface area contributed by atoms with Gasteiger partial charge in [0.15, 0.2) is 0 Å². The van der Waals surface area contributed by atoms with Crippen LogP contribution in [0.1, 0.15) is 20.7 Å². The quantitative estimate of drug-likeness (QED) is 0.330. The van der Waals surface area contributed by atoms with Crippen LogP contribution >= 0.6 is 0 Å². The minimum Gasteiger partial charge on any atom is -0.661 e. The molecule has 0 aliphatic heterocycles. The number of benzene rings is 1. The van der Waals surface area contributed by atoms with Crippen molar-refractivity contribution < 1.29 is 29.9 Å². The summed E-state index contributed by atoms with van der Waals surface area (Å²) in [6.07, 6.45) is 0. The standard InChI is InChI=1S/C8H6O6.Mg/c9-7(13-11)5-3-1-2-4-6(5)8(10)14-12;/h1-4,11-12H;/q;+2/p-2. The Hall–Kier alpha value is -1.15. The van der Waals surface area contributed by atoms with Gasteiger partial charge in [-0.3, -0.25) is 0 Å². The Morgan fingerprint density at radius 2 is 1.27 bits per heavy atom.